The normalized spacial score (nSPS) is 11.8. The molecule has 0 saturated carbocycles. The SMILES string of the molecule is CCCN=C(NN)c1ccc(Br)s1. The van der Waals surface area contributed by atoms with Gasteiger partial charge in [-0.3, -0.25) is 4.99 Å². The van der Waals surface area contributed by atoms with Gasteiger partial charge in [-0.15, -0.1) is 11.3 Å². The second-order valence-corrected chi connectivity index (χ2v) is 4.94. The molecule has 0 atom stereocenters. The molecule has 0 radical (unpaired) electrons. The molecule has 0 fully saturated rings. The van der Waals surface area contributed by atoms with Crippen LogP contribution >= 0.6 is 27.3 Å². The number of aliphatic imine (C=N–C) groups is 1. The lowest BCUT2D eigenvalue weighted by atomic mass is 10.4. The minimum atomic E-state index is 0.762. The van der Waals surface area contributed by atoms with Gasteiger partial charge in [0, 0.05) is 6.54 Å². The maximum absolute atomic E-state index is 5.37. The largest absolute Gasteiger partial charge is 0.308 e. The van der Waals surface area contributed by atoms with E-state index >= 15 is 0 Å². The van der Waals surface area contributed by atoms with E-state index in [1.54, 1.807) is 11.3 Å². The van der Waals surface area contributed by atoms with E-state index in [4.69, 9.17) is 5.84 Å². The molecule has 1 aromatic heterocycles. The van der Waals surface area contributed by atoms with Gasteiger partial charge < -0.3 is 5.43 Å². The summed E-state index contributed by atoms with van der Waals surface area (Å²) in [5.74, 6) is 6.13. The number of nitrogens with two attached hydrogens (primary N) is 1. The van der Waals surface area contributed by atoms with Crippen LogP contribution in [-0.2, 0) is 0 Å². The first-order valence-corrected chi connectivity index (χ1v) is 5.65. The van der Waals surface area contributed by atoms with Crippen molar-refractivity contribution in [3.63, 3.8) is 0 Å². The molecule has 0 aliphatic heterocycles. The number of thiophene rings is 1. The number of hydrazine groups is 1. The minimum Gasteiger partial charge on any atom is -0.308 e. The lowest BCUT2D eigenvalue weighted by Gasteiger charge is -2.01. The fourth-order valence-corrected chi connectivity index (χ4v) is 2.22. The first-order chi connectivity index (χ1) is 6.27. The fourth-order valence-electron chi connectivity index (χ4n) is 0.860. The molecule has 1 rings (SSSR count). The third-order valence-electron chi connectivity index (χ3n) is 1.44. The Balaban J connectivity index is 2.77. The number of nitrogens with zero attached hydrogens (tertiary/aromatic N) is 1. The number of halogens is 1. The summed E-state index contributed by atoms with van der Waals surface area (Å²) in [6.07, 6.45) is 1.03. The summed E-state index contributed by atoms with van der Waals surface area (Å²) in [4.78, 5) is 5.37. The van der Waals surface area contributed by atoms with Gasteiger partial charge in [0.2, 0.25) is 0 Å². The fraction of sp³-hybridized carbons (Fsp3) is 0.375. The summed E-state index contributed by atoms with van der Waals surface area (Å²) in [5.41, 5.74) is 2.61. The van der Waals surface area contributed by atoms with E-state index in [2.05, 4.69) is 33.3 Å². The highest BCUT2D eigenvalue weighted by Gasteiger charge is 2.03. The van der Waals surface area contributed by atoms with Gasteiger partial charge in [-0.05, 0) is 34.5 Å². The number of nitrogens with one attached hydrogen (secondary N) is 1. The first kappa shape index (κ1) is 10.7. The van der Waals surface area contributed by atoms with Crippen molar-refractivity contribution in [2.24, 2.45) is 10.8 Å². The van der Waals surface area contributed by atoms with Crippen molar-refractivity contribution in [2.75, 3.05) is 6.54 Å². The van der Waals surface area contributed by atoms with Gasteiger partial charge in [0.05, 0.1) is 8.66 Å². The molecule has 5 heteroatoms. The van der Waals surface area contributed by atoms with Crippen LogP contribution in [-0.4, -0.2) is 12.4 Å². The standard InChI is InChI=1S/C8H12BrN3S/c1-2-5-11-8(12-10)6-3-4-7(9)13-6/h3-4H,2,5,10H2,1H3,(H,11,12). The quantitative estimate of drug-likeness (QED) is 0.379. The van der Waals surface area contributed by atoms with Gasteiger partial charge in [-0.2, -0.15) is 0 Å². The highest BCUT2D eigenvalue weighted by Crippen LogP contribution is 2.21. The monoisotopic (exact) mass is 261 g/mol. The van der Waals surface area contributed by atoms with Crippen LogP contribution in [0.3, 0.4) is 0 Å². The molecule has 0 unspecified atom stereocenters. The van der Waals surface area contributed by atoms with E-state index in [0.29, 0.717) is 0 Å². The minimum absolute atomic E-state index is 0.762. The molecule has 0 aliphatic carbocycles. The number of rotatable bonds is 3. The van der Waals surface area contributed by atoms with E-state index < -0.39 is 0 Å². The molecule has 72 valence electrons. The first-order valence-electron chi connectivity index (χ1n) is 4.04. The van der Waals surface area contributed by atoms with Crippen molar-refractivity contribution < 1.29 is 0 Å². The molecular formula is C8H12BrN3S. The third kappa shape index (κ3) is 3.10. The van der Waals surface area contributed by atoms with Gasteiger partial charge in [0.15, 0.2) is 5.84 Å². The van der Waals surface area contributed by atoms with E-state index in [1.807, 2.05) is 12.1 Å². The summed E-state index contributed by atoms with van der Waals surface area (Å²) in [6, 6.07) is 3.97. The topological polar surface area (TPSA) is 50.4 Å². The number of hydrogen-bond donors (Lipinski definition) is 2. The second kappa shape index (κ2) is 5.36. The Morgan fingerprint density at radius 1 is 1.69 bits per heavy atom. The highest BCUT2D eigenvalue weighted by atomic mass is 79.9. The van der Waals surface area contributed by atoms with Gasteiger partial charge in [-0.25, -0.2) is 5.84 Å². The van der Waals surface area contributed by atoms with Gasteiger partial charge >= 0.3 is 0 Å². The van der Waals surface area contributed by atoms with Crippen LogP contribution in [0.25, 0.3) is 0 Å². The predicted molar refractivity (Wildman–Crippen MR) is 61.0 cm³/mol. The molecule has 0 saturated heterocycles. The van der Waals surface area contributed by atoms with Crippen LogP contribution in [0.5, 0.6) is 0 Å². The highest BCUT2D eigenvalue weighted by molar-refractivity contribution is 9.11. The van der Waals surface area contributed by atoms with Crippen molar-refractivity contribution in [2.45, 2.75) is 13.3 Å². The van der Waals surface area contributed by atoms with Gasteiger partial charge in [0.25, 0.3) is 0 Å². The summed E-state index contributed by atoms with van der Waals surface area (Å²) >= 11 is 5.01. The number of amidine groups is 1. The van der Waals surface area contributed by atoms with E-state index in [-0.39, 0.29) is 0 Å². The van der Waals surface area contributed by atoms with Crippen molar-refractivity contribution in [3.05, 3.63) is 20.8 Å². The Morgan fingerprint density at radius 2 is 2.46 bits per heavy atom. The number of hydrogen-bond acceptors (Lipinski definition) is 3. The summed E-state index contributed by atoms with van der Waals surface area (Å²) in [5, 5.41) is 0. The predicted octanol–water partition coefficient (Wildman–Crippen LogP) is 2.13. The average molecular weight is 262 g/mol. The Hall–Kier alpha value is -0.390. The molecule has 0 amide bonds. The third-order valence-corrected chi connectivity index (χ3v) is 3.07. The van der Waals surface area contributed by atoms with E-state index in [0.717, 1.165) is 27.5 Å². The molecular weight excluding hydrogens is 250 g/mol. The van der Waals surface area contributed by atoms with Crippen molar-refractivity contribution in [3.8, 4) is 0 Å². The van der Waals surface area contributed by atoms with Gasteiger partial charge in [-0.1, -0.05) is 6.92 Å². The molecule has 3 N–H and O–H groups in total. The van der Waals surface area contributed by atoms with Crippen LogP contribution in [0.4, 0.5) is 0 Å². The zero-order valence-corrected chi connectivity index (χ0v) is 9.78. The molecule has 0 aliphatic rings. The molecule has 1 aromatic rings. The van der Waals surface area contributed by atoms with E-state index in [1.165, 1.54) is 0 Å². The zero-order chi connectivity index (χ0) is 9.68. The Kier molecular flexibility index (Phi) is 4.41. The molecule has 1 heterocycles. The molecule has 13 heavy (non-hydrogen) atoms. The summed E-state index contributed by atoms with van der Waals surface area (Å²) < 4.78 is 1.09. The van der Waals surface area contributed by atoms with Crippen LogP contribution in [0.2, 0.25) is 0 Å². The molecule has 0 aromatic carbocycles. The molecule has 0 bridgehead atoms. The average Bonchev–Trinajstić information content (AvgIpc) is 2.54. The zero-order valence-electron chi connectivity index (χ0n) is 7.38. The van der Waals surface area contributed by atoms with E-state index in [9.17, 15) is 0 Å². The van der Waals surface area contributed by atoms with Crippen molar-refractivity contribution in [1.29, 1.82) is 0 Å². The molecule has 3 nitrogen and oxygen atoms in total. The van der Waals surface area contributed by atoms with Crippen LogP contribution in [0, 0.1) is 0 Å². The Labute approximate surface area is 90.2 Å². The lowest BCUT2D eigenvalue weighted by Crippen LogP contribution is -2.30. The van der Waals surface area contributed by atoms with Crippen LogP contribution < -0.4 is 11.3 Å². The smallest absolute Gasteiger partial charge is 0.152 e. The van der Waals surface area contributed by atoms with Crippen LogP contribution in [0.15, 0.2) is 20.9 Å². The Morgan fingerprint density at radius 3 is 2.92 bits per heavy atom. The van der Waals surface area contributed by atoms with Crippen molar-refractivity contribution in [1.82, 2.24) is 5.43 Å². The van der Waals surface area contributed by atoms with Crippen LogP contribution in [0.1, 0.15) is 18.2 Å². The maximum Gasteiger partial charge on any atom is 0.152 e. The maximum atomic E-state index is 5.37. The molecule has 0 spiro atoms. The lowest BCUT2D eigenvalue weighted by molar-refractivity contribution is 0.909. The Bertz CT molecular complexity index is 295. The summed E-state index contributed by atoms with van der Waals surface area (Å²) in [6.45, 7) is 2.89. The summed E-state index contributed by atoms with van der Waals surface area (Å²) in [7, 11) is 0. The van der Waals surface area contributed by atoms with Crippen molar-refractivity contribution >= 4 is 33.1 Å². The van der Waals surface area contributed by atoms with Gasteiger partial charge in [0.1, 0.15) is 0 Å². The second-order valence-electron chi connectivity index (χ2n) is 2.48.